The molecule has 166 valence electrons. The van der Waals surface area contributed by atoms with Gasteiger partial charge >= 0.3 is 0 Å². The minimum absolute atomic E-state index is 0.00703. The summed E-state index contributed by atoms with van der Waals surface area (Å²) in [7, 11) is 4.91. The van der Waals surface area contributed by atoms with Gasteiger partial charge in [0.1, 0.15) is 5.82 Å². The Balaban J connectivity index is 1.66. The lowest BCUT2D eigenvalue weighted by Crippen LogP contribution is -2.44. The highest BCUT2D eigenvalue weighted by Gasteiger charge is 2.38. The Kier molecular flexibility index (Phi) is 7.15. The maximum atomic E-state index is 13.1. The number of halogens is 1. The quantitative estimate of drug-likeness (QED) is 0.664. The Morgan fingerprint density at radius 3 is 2.39 bits per heavy atom. The predicted molar refractivity (Wildman–Crippen MR) is 115 cm³/mol. The van der Waals surface area contributed by atoms with Gasteiger partial charge in [-0.25, -0.2) is 4.39 Å². The SMILES string of the molecule is COc1ccc(CC2(CCC(=O)N(C)Cc3ccc(F)cc3)CCC(=O)N2)cc1OC. The van der Waals surface area contributed by atoms with Crippen LogP contribution in [0.3, 0.4) is 0 Å². The second-order valence-electron chi connectivity index (χ2n) is 8.07. The number of hydrogen-bond acceptors (Lipinski definition) is 4. The highest BCUT2D eigenvalue weighted by molar-refractivity contribution is 5.80. The van der Waals surface area contributed by atoms with Crippen LogP contribution >= 0.6 is 0 Å². The van der Waals surface area contributed by atoms with Crippen molar-refractivity contribution in [2.24, 2.45) is 0 Å². The van der Waals surface area contributed by atoms with Crippen LogP contribution in [0.1, 0.15) is 36.8 Å². The number of methoxy groups -OCH3 is 2. The van der Waals surface area contributed by atoms with Crippen molar-refractivity contribution in [1.82, 2.24) is 10.2 Å². The van der Waals surface area contributed by atoms with Crippen LogP contribution in [0.4, 0.5) is 4.39 Å². The molecule has 0 aliphatic carbocycles. The zero-order chi connectivity index (χ0) is 22.4. The summed E-state index contributed by atoms with van der Waals surface area (Å²) in [5, 5.41) is 3.11. The second kappa shape index (κ2) is 9.81. The molecule has 1 aliphatic rings. The van der Waals surface area contributed by atoms with Gasteiger partial charge in [-0.15, -0.1) is 0 Å². The van der Waals surface area contributed by atoms with Gasteiger partial charge in [0, 0.05) is 32.0 Å². The first-order chi connectivity index (χ1) is 14.8. The van der Waals surface area contributed by atoms with Crippen LogP contribution in [-0.4, -0.2) is 43.5 Å². The molecule has 0 saturated carbocycles. The summed E-state index contributed by atoms with van der Waals surface area (Å²) >= 11 is 0. The third-order valence-electron chi connectivity index (χ3n) is 5.80. The molecule has 0 spiro atoms. The van der Waals surface area contributed by atoms with Crippen LogP contribution in [0, 0.1) is 5.82 Å². The van der Waals surface area contributed by atoms with Crippen molar-refractivity contribution in [3.63, 3.8) is 0 Å². The largest absolute Gasteiger partial charge is 0.493 e. The first-order valence-electron chi connectivity index (χ1n) is 10.3. The lowest BCUT2D eigenvalue weighted by molar-refractivity contribution is -0.131. The average Bonchev–Trinajstić information content (AvgIpc) is 3.13. The molecule has 0 radical (unpaired) electrons. The van der Waals surface area contributed by atoms with Crippen LogP contribution in [0.15, 0.2) is 42.5 Å². The van der Waals surface area contributed by atoms with Gasteiger partial charge in [-0.05, 0) is 54.7 Å². The number of rotatable bonds is 9. The predicted octanol–water partition coefficient (Wildman–Crippen LogP) is 3.47. The van der Waals surface area contributed by atoms with Gasteiger partial charge in [0.2, 0.25) is 11.8 Å². The van der Waals surface area contributed by atoms with E-state index in [4.69, 9.17) is 9.47 Å². The van der Waals surface area contributed by atoms with E-state index in [1.54, 1.807) is 38.3 Å². The molecular weight excluding hydrogens is 399 g/mol. The Morgan fingerprint density at radius 2 is 1.77 bits per heavy atom. The molecule has 1 saturated heterocycles. The summed E-state index contributed by atoms with van der Waals surface area (Å²) < 4.78 is 23.8. The van der Waals surface area contributed by atoms with Crippen molar-refractivity contribution in [2.45, 2.75) is 44.2 Å². The molecule has 2 amide bonds. The van der Waals surface area contributed by atoms with Crippen molar-refractivity contribution in [1.29, 1.82) is 0 Å². The van der Waals surface area contributed by atoms with Crippen molar-refractivity contribution in [2.75, 3.05) is 21.3 Å². The molecule has 7 heteroatoms. The third-order valence-corrected chi connectivity index (χ3v) is 5.80. The maximum Gasteiger partial charge on any atom is 0.222 e. The van der Waals surface area contributed by atoms with Crippen LogP contribution < -0.4 is 14.8 Å². The molecule has 2 aromatic carbocycles. The normalized spacial score (nSPS) is 17.9. The molecule has 3 rings (SSSR count). The van der Waals surface area contributed by atoms with Gasteiger partial charge in [-0.1, -0.05) is 18.2 Å². The molecule has 1 unspecified atom stereocenters. The standard InChI is InChI=1S/C24H29FN2O4/c1-27(16-17-4-7-19(25)8-5-17)23(29)11-13-24(12-10-22(28)26-24)15-18-6-9-20(30-2)21(14-18)31-3/h4-9,14H,10-13,15-16H2,1-3H3,(H,26,28). The Labute approximate surface area is 182 Å². The van der Waals surface area contributed by atoms with Crippen molar-refractivity contribution in [3.8, 4) is 11.5 Å². The van der Waals surface area contributed by atoms with E-state index in [1.165, 1.54) is 12.1 Å². The highest BCUT2D eigenvalue weighted by Crippen LogP contribution is 2.33. The third kappa shape index (κ3) is 5.75. The van der Waals surface area contributed by atoms with Crippen molar-refractivity contribution in [3.05, 3.63) is 59.4 Å². The number of hydrogen-bond donors (Lipinski definition) is 1. The monoisotopic (exact) mass is 428 g/mol. The van der Waals surface area contributed by atoms with Crippen LogP contribution in [0.2, 0.25) is 0 Å². The molecule has 2 aromatic rings. The molecule has 1 N–H and O–H groups in total. The maximum absolute atomic E-state index is 13.1. The fraction of sp³-hybridized carbons (Fsp3) is 0.417. The van der Waals surface area contributed by atoms with Crippen LogP contribution in [-0.2, 0) is 22.6 Å². The summed E-state index contributed by atoms with van der Waals surface area (Å²) in [5.74, 6) is 0.972. The first kappa shape index (κ1) is 22.6. The Hall–Kier alpha value is -3.09. The van der Waals surface area contributed by atoms with Gasteiger partial charge < -0.3 is 19.7 Å². The van der Waals surface area contributed by atoms with Crippen LogP contribution in [0.5, 0.6) is 11.5 Å². The van der Waals surface area contributed by atoms with Crippen molar-refractivity contribution < 1.29 is 23.5 Å². The molecule has 1 fully saturated rings. The molecule has 1 atom stereocenters. The Morgan fingerprint density at radius 1 is 1.10 bits per heavy atom. The minimum Gasteiger partial charge on any atom is -0.493 e. The van der Waals surface area contributed by atoms with E-state index in [0.29, 0.717) is 50.1 Å². The second-order valence-corrected chi connectivity index (χ2v) is 8.07. The number of nitrogens with one attached hydrogen (secondary N) is 1. The lowest BCUT2D eigenvalue weighted by Gasteiger charge is -2.30. The van der Waals surface area contributed by atoms with E-state index in [1.807, 2.05) is 18.2 Å². The summed E-state index contributed by atoms with van der Waals surface area (Å²) in [6.45, 7) is 0.411. The van der Waals surface area contributed by atoms with E-state index in [0.717, 1.165) is 11.1 Å². The van der Waals surface area contributed by atoms with E-state index < -0.39 is 5.54 Å². The number of carbonyl (C=O) groups is 2. The van der Waals surface area contributed by atoms with E-state index in [9.17, 15) is 14.0 Å². The summed E-state index contributed by atoms with van der Waals surface area (Å²) in [6.07, 6.45) is 2.58. The minimum atomic E-state index is -0.469. The summed E-state index contributed by atoms with van der Waals surface area (Å²) in [6, 6.07) is 11.8. The topological polar surface area (TPSA) is 67.9 Å². The molecule has 1 heterocycles. The van der Waals surface area contributed by atoms with Crippen molar-refractivity contribution >= 4 is 11.8 Å². The molecule has 0 bridgehead atoms. The average molecular weight is 429 g/mol. The molecular formula is C24H29FN2O4. The smallest absolute Gasteiger partial charge is 0.222 e. The molecule has 1 aliphatic heterocycles. The molecule has 6 nitrogen and oxygen atoms in total. The summed E-state index contributed by atoms with van der Waals surface area (Å²) in [5.41, 5.74) is 1.40. The molecule has 31 heavy (non-hydrogen) atoms. The fourth-order valence-corrected chi connectivity index (χ4v) is 4.05. The van der Waals surface area contributed by atoms with Gasteiger partial charge in [-0.3, -0.25) is 9.59 Å². The number of benzene rings is 2. The zero-order valence-corrected chi connectivity index (χ0v) is 18.2. The first-order valence-corrected chi connectivity index (χ1v) is 10.3. The number of amides is 2. The van der Waals surface area contributed by atoms with Gasteiger partial charge in [0.05, 0.1) is 14.2 Å². The van der Waals surface area contributed by atoms with Gasteiger partial charge in [0.25, 0.3) is 0 Å². The summed E-state index contributed by atoms with van der Waals surface area (Å²) in [4.78, 5) is 26.4. The molecule has 0 aromatic heterocycles. The highest BCUT2D eigenvalue weighted by atomic mass is 19.1. The van der Waals surface area contributed by atoms with E-state index in [-0.39, 0.29) is 17.6 Å². The Bertz CT molecular complexity index is 932. The van der Waals surface area contributed by atoms with E-state index in [2.05, 4.69) is 5.32 Å². The fourth-order valence-electron chi connectivity index (χ4n) is 4.05. The number of carbonyl (C=O) groups excluding carboxylic acids is 2. The van der Waals surface area contributed by atoms with Crippen LogP contribution in [0.25, 0.3) is 0 Å². The van der Waals surface area contributed by atoms with Gasteiger partial charge in [0.15, 0.2) is 11.5 Å². The zero-order valence-electron chi connectivity index (χ0n) is 18.2. The van der Waals surface area contributed by atoms with Gasteiger partial charge in [-0.2, -0.15) is 0 Å². The lowest BCUT2D eigenvalue weighted by atomic mass is 9.84. The van der Waals surface area contributed by atoms with E-state index >= 15 is 0 Å². The number of nitrogens with zero attached hydrogens (tertiary/aromatic N) is 1. The number of ether oxygens (including phenoxy) is 2.